The molecular weight excluding hydrogens is 204 g/mol. The quantitative estimate of drug-likeness (QED) is 0.693. The van der Waals surface area contributed by atoms with Gasteiger partial charge in [-0.2, -0.15) is 0 Å². The zero-order valence-corrected chi connectivity index (χ0v) is 10.0. The zero-order valence-electron chi connectivity index (χ0n) is 10.0. The summed E-state index contributed by atoms with van der Waals surface area (Å²) < 4.78 is 5.16. The average Bonchev–Trinajstić information content (AvgIpc) is 2.15. The van der Waals surface area contributed by atoms with Gasteiger partial charge in [-0.15, -0.1) is 0 Å². The number of ether oxygens (including phenoxy) is 1. The minimum absolute atomic E-state index is 0.0314. The van der Waals surface area contributed by atoms with Gasteiger partial charge < -0.3 is 10.1 Å². The van der Waals surface area contributed by atoms with Gasteiger partial charge in [0.25, 0.3) is 0 Å². The second kappa shape index (κ2) is 5.02. The Bertz CT molecular complexity index is 334. The summed E-state index contributed by atoms with van der Waals surface area (Å²) in [6, 6.07) is 0.0314. The number of rotatable bonds is 1. The molecule has 0 fully saturated rings. The van der Waals surface area contributed by atoms with Crippen LogP contribution >= 0.6 is 0 Å². The van der Waals surface area contributed by atoms with Gasteiger partial charge in [0.2, 0.25) is 0 Å². The minimum atomic E-state index is -0.475. The normalized spacial score (nSPS) is 20.6. The number of hydrogen-bond acceptors (Lipinski definition) is 2. The van der Waals surface area contributed by atoms with Gasteiger partial charge in [0, 0.05) is 12.5 Å². The molecule has 0 aliphatic heterocycles. The molecule has 0 aromatic heterocycles. The first-order valence-corrected chi connectivity index (χ1v) is 5.47. The van der Waals surface area contributed by atoms with Crippen LogP contribution in [0, 0.1) is 6.57 Å². The molecule has 0 heterocycles. The topological polar surface area (TPSA) is 42.7 Å². The summed E-state index contributed by atoms with van der Waals surface area (Å²) >= 11 is 0. The van der Waals surface area contributed by atoms with Crippen molar-refractivity contribution in [2.75, 3.05) is 0 Å². The number of carbonyl (C=O) groups is 1. The third-order valence-corrected chi connectivity index (χ3v) is 2.22. The second-order valence-corrected chi connectivity index (χ2v) is 4.93. The Kier molecular flexibility index (Phi) is 3.94. The number of amides is 1. The third-order valence-electron chi connectivity index (χ3n) is 2.22. The van der Waals surface area contributed by atoms with Gasteiger partial charge in [-0.1, -0.05) is 6.08 Å². The van der Waals surface area contributed by atoms with Crippen molar-refractivity contribution in [3.63, 3.8) is 0 Å². The lowest BCUT2D eigenvalue weighted by Gasteiger charge is -2.24. The van der Waals surface area contributed by atoms with E-state index in [4.69, 9.17) is 11.3 Å². The van der Waals surface area contributed by atoms with Gasteiger partial charge in [0.15, 0.2) is 5.70 Å². The third kappa shape index (κ3) is 4.35. The fourth-order valence-electron chi connectivity index (χ4n) is 1.58. The Hall–Kier alpha value is -1.50. The van der Waals surface area contributed by atoms with Crippen molar-refractivity contribution >= 4 is 6.09 Å². The minimum Gasteiger partial charge on any atom is -0.444 e. The highest BCUT2D eigenvalue weighted by molar-refractivity contribution is 5.68. The second-order valence-electron chi connectivity index (χ2n) is 4.93. The van der Waals surface area contributed by atoms with Crippen molar-refractivity contribution in [3.8, 4) is 0 Å². The summed E-state index contributed by atoms with van der Waals surface area (Å²) in [6.45, 7) is 12.4. The van der Waals surface area contributed by atoms with Crippen LogP contribution in [0.1, 0.15) is 40.0 Å². The highest BCUT2D eigenvalue weighted by Crippen LogP contribution is 2.19. The summed E-state index contributed by atoms with van der Waals surface area (Å²) in [5, 5.41) is 2.79. The van der Waals surface area contributed by atoms with Crippen LogP contribution < -0.4 is 5.32 Å². The first-order valence-electron chi connectivity index (χ1n) is 5.47. The molecule has 1 atom stereocenters. The molecule has 0 bridgehead atoms. The van der Waals surface area contributed by atoms with Crippen LogP contribution in [-0.4, -0.2) is 17.7 Å². The maximum absolute atomic E-state index is 11.5. The van der Waals surface area contributed by atoms with Gasteiger partial charge in [-0.3, -0.25) is 0 Å². The molecule has 1 aliphatic rings. The molecule has 0 radical (unpaired) electrons. The van der Waals surface area contributed by atoms with E-state index in [0.717, 1.165) is 18.5 Å². The van der Waals surface area contributed by atoms with E-state index >= 15 is 0 Å². The van der Waals surface area contributed by atoms with Crippen LogP contribution in [0.2, 0.25) is 0 Å². The van der Waals surface area contributed by atoms with E-state index in [-0.39, 0.29) is 6.04 Å². The fraction of sp³-hybridized carbons (Fsp3) is 0.667. The number of nitrogens with one attached hydrogen (secondary N) is 1. The highest BCUT2D eigenvalue weighted by atomic mass is 16.6. The Morgan fingerprint density at radius 1 is 1.62 bits per heavy atom. The van der Waals surface area contributed by atoms with Crippen molar-refractivity contribution in [2.24, 2.45) is 0 Å². The zero-order chi connectivity index (χ0) is 12.2. The van der Waals surface area contributed by atoms with Gasteiger partial charge >= 0.3 is 6.09 Å². The highest BCUT2D eigenvalue weighted by Gasteiger charge is 2.21. The Labute approximate surface area is 96.5 Å². The van der Waals surface area contributed by atoms with Gasteiger partial charge in [-0.25, -0.2) is 9.64 Å². The maximum atomic E-state index is 11.5. The number of carbonyl (C=O) groups excluding carboxylic acids is 1. The largest absolute Gasteiger partial charge is 0.444 e. The van der Waals surface area contributed by atoms with E-state index in [1.807, 2.05) is 26.8 Å². The molecule has 1 unspecified atom stereocenters. The van der Waals surface area contributed by atoms with Crippen LogP contribution in [0.4, 0.5) is 4.79 Å². The predicted molar refractivity (Wildman–Crippen MR) is 61.7 cm³/mol. The number of allylic oxidation sites excluding steroid dienone is 1. The van der Waals surface area contributed by atoms with Gasteiger partial charge in [0.1, 0.15) is 5.60 Å². The molecule has 0 spiro atoms. The van der Waals surface area contributed by atoms with Crippen LogP contribution in [0.5, 0.6) is 0 Å². The molecule has 0 saturated heterocycles. The molecule has 4 nitrogen and oxygen atoms in total. The Balaban J connectivity index is 2.42. The lowest BCUT2D eigenvalue weighted by atomic mass is 9.99. The van der Waals surface area contributed by atoms with Gasteiger partial charge in [-0.05, 0) is 33.6 Å². The lowest BCUT2D eigenvalue weighted by Crippen LogP contribution is -2.39. The van der Waals surface area contributed by atoms with Crippen molar-refractivity contribution in [3.05, 3.63) is 23.2 Å². The summed E-state index contributed by atoms with van der Waals surface area (Å²) in [7, 11) is 0. The SMILES string of the molecule is [C-]#[N+]C1=CCCC(NC(=O)OC(C)(C)C)C1. The van der Waals surface area contributed by atoms with Crippen molar-refractivity contribution in [1.82, 2.24) is 5.32 Å². The van der Waals surface area contributed by atoms with Crippen molar-refractivity contribution in [1.29, 1.82) is 0 Å². The smallest absolute Gasteiger partial charge is 0.407 e. The molecule has 0 aromatic carbocycles. The molecule has 1 rings (SSSR count). The monoisotopic (exact) mass is 222 g/mol. The standard InChI is InChI=1S/C12H18N2O2/c1-12(2,3)16-11(15)14-10-7-5-6-9(8-10)13-4/h6,10H,5,7-8H2,1-3H3,(H,14,15). The fourth-order valence-corrected chi connectivity index (χ4v) is 1.58. The summed E-state index contributed by atoms with van der Waals surface area (Å²) in [5.41, 5.74) is 0.254. The van der Waals surface area contributed by atoms with Gasteiger partial charge in [0.05, 0.1) is 6.57 Å². The van der Waals surface area contributed by atoms with E-state index in [0.29, 0.717) is 6.42 Å². The molecule has 1 aliphatic carbocycles. The number of hydrogen-bond donors (Lipinski definition) is 1. The summed E-state index contributed by atoms with van der Waals surface area (Å²) in [6.07, 6.45) is 3.86. The molecule has 1 amide bonds. The van der Waals surface area contributed by atoms with Crippen LogP contribution in [-0.2, 0) is 4.74 Å². The summed E-state index contributed by atoms with van der Waals surface area (Å²) in [4.78, 5) is 14.9. The molecule has 88 valence electrons. The Morgan fingerprint density at radius 2 is 2.31 bits per heavy atom. The first-order chi connectivity index (χ1) is 7.40. The van der Waals surface area contributed by atoms with E-state index < -0.39 is 11.7 Å². The molecule has 0 saturated carbocycles. The molecular formula is C12H18N2O2. The van der Waals surface area contributed by atoms with Crippen molar-refractivity contribution in [2.45, 2.75) is 51.7 Å². The van der Waals surface area contributed by atoms with Crippen LogP contribution in [0.15, 0.2) is 11.8 Å². The van der Waals surface area contributed by atoms with Crippen molar-refractivity contribution < 1.29 is 9.53 Å². The van der Waals surface area contributed by atoms with E-state index in [1.165, 1.54) is 0 Å². The first kappa shape index (κ1) is 12.6. The summed E-state index contributed by atoms with van der Waals surface area (Å²) in [5.74, 6) is 0. The van der Waals surface area contributed by atoms with Crippen LogP contribution in [0.3, 0.4) is 0 Å². The molecule has 0 aromatic rings. The number of nitrogens with zero attached hydrogens (tertiary/aromatic N) is 1. The van der Waals surface area contributed by atoms with E-state index in [9.17, 15) is 4.79 Å². The van der Waals surface area contributed by atoms with Crippen LogP contribution in [0.25, 0.3) is 4.85 Å². The number of alkyl carbamates (subject to hydrolysis) is 1. The van der Waals surface area contributed by atoms with E-state index in [1.54, 1.807) is 0 Å². The molecule has 4 heteroatoms. The Morgan fingerprint density at radius 3 is 2.88 bits per heavy atom. The molecule has 16 heavy (non-hydrogen) atoms. The predicted octanol–water partition coefficient (Wildman–Crippen LogP) is 2.87. The lowest BCUT2D eigenvalue weighted by molar-refractivity contribution is 0.0501. The molecule has 1 N–H and O–H groups in total. The van der Waals surface area contributed by atoms with E-state index in [2.05, 4.69) is 10.2 Å². The average molecular weight is 222 g/mol. The maximum Gasteiger partial charge on any atom is 0.407 e.